The molecular weight excluding hydrogens is 458 g/mol. The number of hydrogen-bond donors (Lipinski definition) is 1. The van der Waals surface area contributed by atoms with Gasteiger partial charge >= 0.3 is 0 Å². The Morgan fingerprint density at radius 3 is 2.63 bits per heavy atom. The van der Waals surface area contributed by atoms with E-state index < -0.39 is 0 Å². The highest BCUT2D eigenvalue weighted by molar-refractivity contribution is 7.99. The Balaban J connectivity index is 1.49. The molecule has 35 heavy (non-hydrogen) atoms. The number of thioether (sulfide) groups is 1. The minimum Gasteiger partial charge on any atom is -0.326 e. The number of carbonyl (C=O) groups is 2. The maximum atomic E-state index is 13.3. The van der Waals surface area contributed by atoms with Crippen molar-refractivity contribution in [2.24, 2.45) is 0 Å². The van der Waals surface area contributed by atoms with Crippen molar-refractivity contribution in [2.45, 2.75) is 63.6 Å². The number of nitrogens with zero attached hydrogens (tertiary/aromatic N) is 2. The number of Topliss-reactive ketones (excluding diaryl/α,β-unsaturated/α-hetero) is 1. The summed E-state index contributed by atoms with van der Waals surface area (Å²) in [4.78, 5) is 42.7. The molecule has 0 radical (unpaired) electrons. The van der Waals surface area contributed by atoms with E-state index in [1.54, 1.807) is 28.8 Å². The first-order chi connectivity index (χ1) is 17.0. The standard InChI is InChI=1S/C28H31N3O3S/c1-2-8-26(33)29-22-15-13-21(14-16-22)25(32)19-35-28-30-24-12-7-6-11-23(24)27(34)31(28)18-17-20-9-4-3-5-10-20/h6-7,9,11-16H,2-5,8,10,17-19H2,1H3,(H,29,33). The summed E-state index contributed by atoms with van der Waals surface area (Å²) in [7, 11) is 0. The Labute approximate surface area is 209 Å². The van der Waals surface area contributed by atoms with Gasteiger partial charge in [0.05, 0.1) is 16.7 Å². The Morgan fingerprint density at radius 1 is 1.09 bits per heavy atom. The molecule has 0 fully saturated rings. The predicted molar refractivity (Wildman–Crippen MR) is 142 cm³/mol. The summed E-state index contributed by atoms with van der Waals surface area (Å²) in [5, 5.41) is 4.00. The number of fused-ring (bicyclic) bond motifs is 1. The van der Waals surface area contributed by atoms with Crippen LogP contribution < -0.4 is 10.9 Å². The molecule has 0 saturated heterocycles. The molecule has 1 aliphatic carbocycles. The van der Waals surface area contributed by atoms with E-state index in [9.17, 15) is 14.4 Å². The summed E-state index contributed by atoms with van der Waals surface area (Å²) in [6.45, 7) is 2.52. The molecular formula is C28H31N3O3S. The van der Waals surface area contributed by atoms with Gasteiger partial charge in [-0.2, -0.15) is 0 Å². The number of hydrogen-bond acceptors (Lipinski definition) is 5. The molecule has 0 atom stereocenters. The number of amides is 1. The number of benzene rings is 2. The number of rotatable bonds is 10. The van der Waals surface area contributed by atoms with Crippen molar-refractivity contribution in [2.75, 3.05) is 11.1 Å². The number of nitrogens with one attached hydrogen (secondary N) is 1. The van der Waals surface area contributed by atoms with Gasteiger partial charge < -0.3 is 5.32 Å². The molecule has 1 aromatic heterocycles. The van der Waals surface area contributed by atoms with E-state index >= 15 is 0 Å². The van der Waals surface area contributed by atoms with Gasteiger partial charge in [-0.05, 0) is 74.9 Å². The summed E-state index contributed by atoms with van der Waals surface area (Å²) in [5.74, 6) is 0.0894. The number of ketones is 1. The maximum absolute atomic E-state index is 13.3. The summed E-state index contributed by atoms with van der Waals surface area (Å²) in [6.07, 6.45) is 9.01. The second-order valence-corrected chi connectivity index (χ2v) is 9.76. The van der Waals surface area contributed by atoms with E-state index in [1.165, 1.54) is 30.2 Å². The number of carbonyl (C=O) groups excluding carboxylic acids is 2. The van der Waals surface area contributed by atoms with Gasteiger partial charge in [0.1, 0.15) is 0 Å². The average Bonchev–Trinajstić information content (AvgIpc) is 2.88. The maximum Gasteiger partial charge on any atom is 0.262 e. The van der Waals surface area contributed by atoms with Crippen molar-refractivity contribution in [1.82, 2.24) is 9.55 Å². The molecule has 2 aromatic carbocycles. The quantitative estimate of drug-likeness (QED) is 0.163. The lowest BCUT2D eigenvalue weighted by molar-refractivity contribution is -0.116. The highest BCUT2D eigenvalue weighted by atomic mass is 32.2. The van der Waals surface area contributed by atoms with Crippen molar-refractivity contribution in [3.63, 3.8) is 0 Å². The normalized spacial score (nSPS) is 13.5. The van der Waals surface area contributed by atoms with Crippen LogP contribution in [-0.2, 0) is 11.3 Å². The molecule has 0 aliphatic heterocycles. The predicted octanol–water partition coefficient (Wildman–Crippen LogP) is 6.00. The molecule has 1 N–H and O–H groups in total. The second-order valence-electron chi connectivity index (χ2n) is 8.81. The number of allylic oxidation sites excluding steroid dienone is 2. The lowest BCUT2D eigenvalue weighted by atomic mass is 9.97. The zero-order valence-corrected chi connectivity index (χ0v) is 20.9. The highest BCUT2D eigenvalue weighted by Crippen LogP contribution is 2.24. The molecule has 6 nitrogen and oxygen atoms in total. The fourth-order valence-corrected chi connectivity index (χ4v) is 5.17. The van der Waals surface area contributed by atoms with Crippen molar-refractivity contribution < 1.29 is 9.59 Å². The van der Waals surface area contributed by atoms with Gasteiger partial charge in [-0.15, -0.1) is 0 Å². The molecule has 182 valence electrons. The Bertz CT molecular complexity index is 1300. The third kappa shape index (κ3) is 6.48. The van der Waals surface area contributed by atoms with Crippen molar-refractivity contribution in [3.8, 4) is 0 Å². The van der Waals surface area contributed by atoms with Crippen molar-refractivity contribution >= 4 is 40.0 Å². The first kappa shape index (κ1) is 24.9. The highest BCUT2D eigenvalue weighted by Gasteiger charge is 2.15. The molecule has 1 heterocycles. The van der Waals surface area contributed by atoms with E-state index in [0.717, 1.165) is 25.7 Å². The Hall–Kier alpha value is -3.19. The minimum atomic E-state index is -0.0610. The molecule has 0 unspecified atom stereocenters. The van der Waals surface area contributed by atoms with Gasteiger partial charge in [0.25, 0.3) is 5.56 Å². The fraction of sp³-hybridized carbons (Fsp3) is 0.357. The first-order valence-corrected chi connectivity index (χ1v) is 13.3. The Kier molecular flexibility index (Phi) is 8.53. The van der Waals surface area contributed by atoms with E-state index in [2.05, 4.69) is 11.4 Å². The lowest BCUT2D eigenvalue weighted by Gasteiger charge is -2.16. The Morgan fingerprint density at radius 2 is 1.89 bits per heavy atom. The van der Waals surface area contributed by atoms with Crippen LogP contribution in [0.3, 0.4) is 0 Å². The monoisotopic (exact) mass is 489 g/mol. The van der Waals surface area contributed by atoms with Gasteiger partial charge in [-0.1, -0.05) is 42.5 Å². The van der Waals surface area contributed by atoms with Crippen molar-refractivity contribution in [1.29, 1.82) is 0 Å². The zero-order chi connectivity index (χ0) is 24.6. The minimum absolute atomic E-state index is 0.0357. The van der Waals surface area contributed by atoms with Crippen LogP contribution in [0.4, 0.5) is 5.69 Å². The van der Waals surface area contributed by atoms with E-state index in [1.807, 2.05) is 31.2 Å². The molecule has 4 rings (SSSR count). The van der Waals surface area contributed by atoms with Crippen LogP contribution in [0, 0.1) is 0 Å². The third-order valence-corrected chi connectivity index (χ3v) is 7.14. The molecule has 1 aliphatic rings. The van der Waals surface area contributed by atoms with Crippen molar-refractivity contribution in [3.05, 3.63) is 76.1 Å². The van der Waals surface area contributed by atoms with Gasteiger partial charge in [0.15, 0.2) is 10.9 Å². The summed E-state index contributed by atoms with van der Waals surface area (Å²) >= 11 is 1.30. The van der Waals surface area contributed by atoms with Gasteiger partial charge in [0, 0.05) is 24.2 Å². The third-order valence-electron chi connectivity index (χ3n) is 6.17. The zero-order valence-electron chi connectivity index (χ0n) is 20.1. The molecule has 0 bridgehead atoms. The molecule has 0 saturated carbocycles. The van der Waals surface area contributed by atoms with Gasteiger partial charge in [-0.3, -0.25) is 19.0 Å². The average molecular weight is 490 g/mol. The number of para-hydroxylation sites is 1. The van der Waals surface area contributed by atoms with Crippen LogP contribution in [0.15, 0.2) is 70.1 Å². The largest absolute Gasteiger partial charge is 0.326 e. The van der Waals surface area contributed by atoms with E-state index in [0.29, 0.717) is 40.3 Å². The van der Waals surface area contributed by atoms with Gasteiger partial charge in [-0.25, -0.2) is 4.98 Å². The topological polar surface area (TPSA) is 81.1 Å². The van der Waals surface area contributed by atoms with E-state index in [4.69, 9.17) is 4.98 Å². The van der Waals surface area contributed by atoms with Crippen LogP contribution in [0.5, 0.6) is 0 Å². The molecule has 0 spiro atoms. The van der Waals surface area contributed by atoms with Gasteiger partial charge in [0.2, 0.25) is 5.91 Å². The van der Waals surface area contributed by atoms with Crippen LogP contribution in [0.2, 0.25) is 0 Å². The van der Waals surface area contributed by atoms with Crippen LogP contribution in [0.25, 0.3) is 10.9 Å². The SMILES string of the molecule is CCCC(=O)Nc1ccc(C(=O)CSc2nc3ccccc3c(=O)n2CCC2=CCCCC2)cc1. The van der Waals surface area contributed by atoms with E-state index in [-0.39, 0.29) is 23.0 Å². The lowest BCUT2D eigenvalue weighted by Crippen LogP contribution is -2.24. The fourth-order valence-electron chi connectivity index (χ4n) is 4.25. The summed E-state index contributed by atoms with van der Waals surface area (Å²) in [6, 6.07) is 14.3. The first-order valence-electron chi connectivity index (χ1n) is 12.3. The summed E-state index contributed by atoms with van der Waals surface area (Å²) in [5.41, 5.74) is 3.22. The second kappa shape index (κ2) is 12.0. The summed E-state index contributed by atoms with van der Waals surface area (Å²) < 4.78 is 1.72. The molecule has 3 aromatic rings. The number of aromatic nitrogens is 2. The van der Waals surface area contributed by atoms with Crippen LogP contribution in [-0.4, -0.2) is 27.0 Å². The molecule has 1 amide bonds. The van der Waals surface area contributed by atoms with Crippen LogP contribution >= 0.6 is 11.8 Å². The smallest absolute Gasteiger partial charge is 0.262 e. The van der Waals surface area contributed by atoms with Crippen LogP contribution in [0.1, 0.15) is 62.2 Å². The number of anilines is 1. The molecule has 7 heteroatoms.